The molecule has 2 aromatic carbocycles. The van der Waals surface area contributed by atoms with Crippen molar-refractivity contribution in [2.24, 2.45) is 0 Å². The van der Waals surface area contributed by atoms with Gasteiger partial charge >= 0.3 is 13.8 Å². The Bertz CT molecular complexity index is 1090. The van der Waals surface area contributed by atoms with Gasteiger partial charge in [-0.05, 0) is 59.9 Å². The standard InChI is InChI=1S/C29H39F3NO4P/c1-3-5-18-36-38(35,37-19-6-4-2)20-11-7-8-13-22-14-12-17-24-23-15-9-10-16-25(23)27(26(22)24)28(34)33-21-29(30,31)32/h9-10,12,14-17,27H,3-8,11,13,18-21H2,1-2H3,(H,33,34). The van der Waals surface area contributed by atoms with E-state index >= 15 is 0 Å². The SMILES string of the molecule is CCCCOP(=O)(CCCCCc1cccc2c1C(C(=O)NCC(F)(F)F)c1ccccc1-2)OCCCC. The van der Waals surface area contributed by atoms with E-state index < -0.39 is 32.1 Å². The summed E-state index contributed by atoms with van der Waals surface area (Å²) in [6, 6.07) is 13.2. The molecule has 1 unspecified atom stereocenters. The predicted octanol–water partition coefficient (Wildman–Crippen LogP) is 8.02. The highest BCUT2D eigenvalue weighted by Gasteiger charge is 2.37. The van der Waals surface area contributed by atoms with Gasteiger partial charge in [-0.1, -0.05) is 75.6 Å². The Labute approximate surface area is 224 Å². The van der Waals surface area contributed by atoms with Crippen LogP contribution in [0.1, 0.15) is 81.4 Å². The number of nitrogens with one attached hydrogen (secondary N) is 1. The molecule has 1 atom stereocenters. The molecule has 0 spiro atoms. The van der Waals surface area contributed by atoms with Gasteiger partial charge in [0.05, 0.1) is 25.3 Å². The molecule has 0 bridgehead atoms. The van der Waals surface area contributed by atoms with Crippen LogP contribution in [-0.2, 0) is 24.8 Å². The van der Waals surface area contributed by atoms with Crippen LogP contribution >= 0.6 is 7.60 Å². The number of unbranched alkanes of at least 4 members (excludes halogenated alkanes) is 4. The third kappa shape index (κ3) is 8.42. The number of rotatable bonds is 16. The molecule has 1 N–H and O–H groups in total. The maximum atomic E-state index is 13.2. The normalized spacial score (nSPS) is 14.8. The zero-order valence-electron chi connectivity index (χ0n) is 22.3. The number of benzene rings is 2. The van der Waals surface area contributed by atoms with Gasteiger partial charge in [0.1, 0.15) is 6.54 Å². The summed E-state index contributed by atoms with van der Waals surface area (Å²) < 4.78 is 63.0. The molecule has 0 aliphatic heterocycles. The minimum atomic E-state index is -4.48. The van der Waals surface area contributed by atoms with E-state index in [9.17, 15) is 22.5 Å². The first-order chi connectivity index (χ1) is 18.2. The molecule has 2 aromatic rings. The number of alkyl halides is 3. The second kappa shape index (κ2) is 14.3. The second-order valence-electron chi connectivity index (χ2n) is 9.75. The topological polar surface area (TPSA) is 64.6 Å². The van der Waals surface area contributed by atoms with E-state index in [-0.39, 0.29) is 0 Å². The van der Waals surface area contributed by atoms with Crippen LogP contribution in [0.3, 0.4) is 0 Å². The average molecular weight is 554 g/mol. The Morgan fingerprint density at radius 2 is 1.55 bits per heavy atom. The first-order valence-electron chi connectivity index (χ1n) is 13.6. The summed E-state index contributed by atoms with van der Waals surface area (Å²) in [4.78, 5) is 13.0. The fourth-order valence-electron chi connectivity index (χ4n) is 4.78. The van der Waals surface area contributed by atoms with Crippen LogP contribution in [0.15, 0.2) is 42.5 Å². The van der Waals surface area contributed by atoms with E-state index in [4.69, 9.17) is 9.05 Å². The molecule has 9 heteroatoms. The summed E-state index contributed by atoms with van der Waals surface area (Å²) in [6.07, 6.45) is 2.38. The van der Waals surface area contributed by atoms with Crippen LogP contribution in [0, 0.1) is 0 Å². The first kappa shape index (κ1) is 30.4. The van der Waals surface area contributed by atoms with Gasteiger partial charge in [0.2, 0.25) is 5.91 Å². The van der Waals surface area contributed by atoms with Gasteiger partial charge < -0.3 is 14.4 Å². The molecular weight excluding hydrogens is 514 g/mol. The van der Waals surface area contributed by atoms with Crippen LogP contribution in [0.25, 0.3) is 11.1 Å². The number of amides is 1. The summed E-state index contributed by atoms with van der Waals surface area (Å²) in [7, 11) is -3.13. The summed E-state index contributed by atoms with van der Waals surface area (Å²) in [5, 5.41) is 2.09. The quantitative estimate of drug-likeness (QED) is 0.169. The Hall–Kier alpha value is -2.15. The molecule has 0 fully saturated rings. The van der Waals surface area contributed by atoms with Crippen molar-refractivity contribution in [3.63, 3.8) is 0 Å². The smallest absolute Gasteiger partial charge is 0.346 e. The highest BCUT2D eigenvalue weighted by Crippen LogP contribution is 2.50. The zero-order chi connectivity index (χ0) is 27.6. The molecule has 5 nitrogen and oxygen atoms in total. The van der Waals surface area contributed by atoms with Crippen molar-refractivity contribution in [2.75, 3.05) is 25.9 Å². The third-order valence-corrected chi connectivity index (χ3v) is 8.74. The molecule has 1 amide bonds. The van der Waals surface area contributed by atoms with Crippen molar-refractivity contribution in [3.05, 3.63) is 59.2 Å². The number of hydrogen-bond acceptors (Lipinski definition) is 4. The highest BCUT2D eigenvalue weighted by atomic mass is 31.2. The lowest BCUT2D eigenvalue weighted by atomic mass is 9.90. The van der Waals surface area contributed by atoms with Crippen LogP contribution in [-0.4, -0.2) is 38.0 Å². The molecule has 0 heterocycles. The first-order valence-corrected chi connectivity index (χ1v) is 15.4. The van der Waals surface area contributed by atoms with Gasteiger partial charge in [-0.2, -0.15) is 13.2 Å². The number of hydrogen-bond donors (Lipinski definition) is 1. The third-order valence-electron chi connectivity index (χ3n) is 6.72. The van der Waals surface area contributed by atoms with E-state index in [0.29, 0.717) is 32.2 Å². The van der Waals surface area contributed by atoms with Gasteiger partial charge in [0.15, 0.2) is 0 Å². The van der Waals surface area contributed by atoms with E-state index in [1.807, 2.05) is 36.4 Å². The molecule has 0 radical (unpaired) electrons. The Kier molecular flexibility index (Phi) is 11.4. The van der Waals surface area contributed by atoms with Crippen molar-refractivity contribution >= 4 is 13.5 Å². The van der Waals surface area contributed by atoms with Gasteiger partial charge in [-0.25, -0.2) is 0 Å². The summed E-state index contributed by atoms with van der Waals surface area (Å²) in [6.45, 7) is 3.59. The Balaban J connectivity index is 1.66. The number of carbonyl (C=O) groups excluding carboxylic acids is 1. The largest absolute Gasteiger partial charge is 0.405 e. The average Bonchev–Trinajstić information content (AvgIpc) is 3.22. The predicted molar refractivity (Wildman–Crippen MR) is 145 cm³/mol. The molecule has 1 aliphatic carbocycles. The number of halogens is 3. The molecule has 0 saturated heterocycles. The second-order valence-corrected chi connectivity index (χ2v) is 11.9. The van der Waals surface area contributed by atoms with Gasteiger partial charge in [0.25, 0.3) is 0 Å². The van der Waals surface area contributed by atoms with Crippen LogP contribution < -0.4 is 5.32 Å². The van der Waals surface area contributed by atoms with Crippen LogP contribution in [0.4, 0.5) is 13.2 Å². The van der Waals surface area contributed by atoms with Gasteiger partial charge in [-0.3, -0.25) is 9.36 Å². The number of carbonyl (C=O) groups is 1. The minimum absolute atomic E-state index is 0.362. The minimum Gasteiger partial charge on any atom is -0.346 e. The fraction of sp³-hybridized carbons (Fsp3) is 0.552. The van der Waals surface area contributed by atoms with Crippen molar-refractivity contribution in [1.29, 1.82) is 0 Å². The summed E-state index contributed by atoms with van der Waals surface area (Å²) >= 11 is 0. The van der Waals surface area contributed by atoms with Gasteiger partial charge in [0, 0.05) is 0 Å². The lowest BCUT2D eigenvalue weighted by molar-refractivity contribution is -0.138. The number of fused-ring (bicyclic) bond motifs is 3. The van der Waals surface area contributed by atoms with Crippen molar-refractivity contribution in [1.82, 2.24) is 5.32 Å². The van der Waals surface area contributed by atoms with Crippen LogP contribution in [0.5, 0.6) is 0 Å². The molecule has 0 saturated carbocycles. The lowest BCUT2D eigenvalue weighted by Gasteiger charge is -2.19. The molecule has 1 aliphatic rings. The highest BCUT2D eigenvalue weighted by molar-refractivity contribution is 7.53. The molecule has 210 valence electrons. The Morgan fingerprint density at radius 3 is 2.21 bits per heavy atom. The molecular formula is C29H39F3NO4P. The molecule has 38 heavy (non-hydrogen) atoms. The Morgan fingerprint density at radius 1 is 0.895 bits per heavy atom. The maximum Gasteiger partial charge on any atom is 0.405 e. The fourth-order valence-corrected chi connectivity index (χ4v) is 6.54. The monoisotopic (exact) mass is 553 g/mol. The van der Waals surface area contributed by atoms with Crippen molar-refractivity contribution < 1.29 is 31.6 Å². The van der Waals surface area contributed by atoms with E-state index in [1.54, 1.807) is 6.07 Å². The van der Waals surface area contributed by atoms with Gasteiger partial charge in [-0.15, -0.1) is 0 Å². The molecule has 3 rings (SSSR count). The van der Waals surface area contributed by atoms with Crippen molar-refractivity contribution in [2.45, 2.75) is 77.3 Å². The van der Waals surface area contributed by atoms with E-state index in [1.165, 1.54) is 0 Å². The lowest BCUT2D eigenvalue weighted by Crippen LogP contribution is -2.37. The van der Waals surface area contributed by atoms with E-state index in [0.717, 1.165) is 66.3 Å². The number of aryl methyl sites for hydroxylation is 1. The summed E-state index contributed by atoms with van der Waals surface area (Å²) in [5.74, 6) is -1.42. The zero-order valence-corrected chi connectivity index (χ0v) is 23.2. The van der Waals surface area contributed by atoms with E-state index in [2.05, 4.69) is 19.2 Å². The molecule has 0 aromatic heterocycles. The van der Waals surface area contributed by atoms with Crippen LogP contribution in [0.2, 0.25) is 0 Å². The van der Waals surface area contributed by atoms with Crippen molar-refractivity contribution in [3.8, 4) is 11.1 Å². The summed E-state index contributed by atoms with van der Waals surface area (Å²) in [5.41, 5.74) is 4.23. The maximum absolute atomic E-state index is 13.2.